The monoisotopic (exact) mass is 452 g/mol. The highest BCUT2D eigenvalue weighted by molar-refractivity contribution is 7.94. The number of carbonyl (C=O) groups is 1. The van der Waals surface area contributed by atoms with Gasteiger partial charge >= 0.3 is 0 Å². The average Bonchev–Trinajstić information content (AvgIpc) is 3.20. The lowest BCUT2D eigenvalue weighted by molar-refractivity contribution is 0.0954. The molecular weight excluding hydrogens is 434 g/mol. The van der Waals surface area contributed by atoms with Crippen molar-refractivity contribution in [2.75, 3.05) is 11.4 Å². The summed E-state index contributed by atoms with van der Waals surface area (Å²) in [5.74, 6) is -0.203. The SMILES string of the molecule is CC.CC1CN(c2ccc(Cl)c(Cl)c2)C(=O)c2c(-c3ccnc(SF)c3)cnn21. The number of pyridine rings is 1. The van der Waals surface area contributed by atoms with Crippen LogP contribution in [0.1, 0.15) is 37.3 Å². The Hall–Kier alpha value is -2.09. The van der Waals surface area contributed by atoms with E-state index in [1.165, 1.54) is 6.20 Å². The minimum absolute atomic E-state index is 0.0437. The van der Waals surface area contributed by atoms with Crippen LogP contribution in [0.15, 0.2) is 47.8 Å². The number of benzene rings is 1. The van der Waals surface area contributed by atoms with Crippen LogP contribution in [0.2, 0.25) is 10.0 Å². The quantitative estimate of drug-likeness (QED) is 0.456. The van der Waals surface area contributed by atoms with E-state index in [1.807, 2.05) is 20.8 Å². The van der Waals surface area contributed by atoms with Crippen molar-refractivity contribution in [2.45, 2.75) is 31.8 Å². The Morgan fingerprint density at radius 2 is 1.93 bits per heavy atom. The standard InChI is InChI=1S/C18H13Cl2FN4OS.C2H6/c1-10-9-24(12-2-3-14(19)15(20)7-12)18(26)17-13(8-23-25(10)17)11-4-5-22-16(6-11)27-21;1-2/h2-8,10H,9H2,1H3;1-2H3. The van der Waals surface area contributed by atoms with Gasteiger partial charge in [0.1, 0.15) is 22.9 Å². The maximum Gasteiger partial charge on any atom is 0.277 e. The van der Waals surface area contributed by atoms with Crippen molar-refractivity contribution in [3.05, 3.63) is 58.5 Å². The second kappa shape index (κ2) is 9.15. The van der Waals surface area contributed by atoms with Crippen LogP contribution in [0, 0.1) is 0 Å². The van der Waals surface area contributed by atoms with E-state index >= 15 is 0 Å². The molecule has 29 heavy (non-hydrogen) atoms. The third-order valence-electron chi connectivity index (χ3n) is 4.45. The van der Waals surface area contributed by atoms with Crippen LogP contribution in [0.4, 0.5) is 9.57 Å². The van der Waals surface area contributed by atoms with Crippen LogP contribution in [0.25, 0.3) is 11.1 Å². The lowest BCUT2D eigenvalue weighted by atomic mass is 10.0. The smallest absolute Gasteiger partial charge is 0.277 e. The van der Waals surface area contributed by atoms with Gasteiger partial charge in [0.2, 0.25) is 0 Å². The van der Waals surface area contributed by atoms with Crippen LogP contribution < -0.4 is 4.90 Å². The first-order valence-corrected chi connectivity index (χ1v) is 10.6. The Morgan fingerprint density at radius 3 is 2.62 bits per heavy atom. The molecule has 152 valence electrons. The van der Waals surface area contributed by atoms with Gasteiger partial charge in [0.25, 0.3) is 5.91 Å². The van der Waals surface area contributed by atoms with Gasteiger partial charge in [-0.15, -0.1) is 0 Å². The minimum Gasteiger partial charge on any atom is -0.305 e. The molecule has 0 fully saturated rings. The molecule has 1 atom stereocenters. The van der Waals surface area contributed by atoms with Gasteiger partial charge in [-0.1, -0.05) is 37.0 Å². The minimum atomic E-state index is -0.203. The molecule has 4 rings (SSSR count). The van der Waals surface area contributed by atoms with Crippen molar-refractivity contribution in [3.8, 4) is 11.1 Å². The maximum absolute atomic E-state index is 13.3. The molecule has 2 aromatic heterocycles. The predicted octanol–water partition coefficient (Wildman–Crippen LogP) is 6.48. The van der Waals surface area contributed by atoms with Gasteiger partial charge in [0, 0.05) is 24.0 Å². The number of carbonyl (C=O) groups excluding carboxylic acids is 1. The summed E-state index contributed by atoms with van der Waals surface area (Å²) in [5.41, 5.74) is 2.42. The topological polar surface area (TPSA) is 51.0 Å². The van der Waals surface area contributed by atoms with Crippen molar-refractivity contribution in [1.82, 2.24) is 14.8 Å². The number of rotatable bonds is 3. The number of fused-ring (bicyclic) bond motifs is 1. The van der Waals surface area contributed by atoms with Crippen molar-refractivity contribution in [2.24, 2.45) is 0 Å². The summed E-state index contributed by atoms with van der Waals surface area (Å²) < 4.78 is 14.6. The molecule has 3 aromatic rings. The van der Waals surface area contributed by atoms with E-state index in [0.717, 1.165) is 0 Å². The first-order valence-electron chi connectivity index (χ1n) is 9.09. The number of anilines is 1. The van der Waals surface area contributed by atoms with Gasteiger partial charge in [0.15, 0.2) is 0 Å². The van der Waals surface area contributed by atoms with Crippen molar-refractivity contribution >= 4 is 46.9 Å². The highest BCUT2D eigenvalue weighted by Gasteiger charge is 2.34. The Labute approximate surface area is 183 Å². The highest BCUT2D eigenvalue weighted by atomic mass is 35.5. The molecule has 0 bridgehead atoms. The molecule has 0 radical (unpaired) electrons. The molecule has 9 heteroatoms. The number of hydrogen-bond acceptors (Lipinski definition) is 4. The van der Waals surface area contributed by atoms with Crippen molar-refractivity contribution in [1.29, 1.82) is 0 Å². The van der Waals surface area contributed by atoms with E-state index in [0.29, 0.717) is 39.1 Å². The lowest BCUT2D eigenvalue weighted by Crippen LogP contribution is -2.42. The largest absolute Gasteiger partial charge is 0.305 e. The summed E-state index contributed by atoms with van der Waals surface area (Å²) in [6, 6.07) is 8.38. The van der Waals surface area contributed by atoms with Gasteiger partial charge in [-0.05, 0) is 42.8 Å². The molecule has 1 amide bonds. The molecule has 1 aliphatic heterocycles. The normalized spacial score (nSPS) is 15.6. The zero-order valence-corrected chi connectivity index (χ0v) is 18.4. The molecule has 0 saturated heterocycles. The molecule has 3 heterocycles. The van der Waals surface area contributed by atoms with E-state index in [-0.39, 0.29) is 29.1 Å². The van der Waals surface area contributed by atoms with Crippen molar-refractivity contribution in [3.63, 3.8) is 0 Å². The summed E-state index contributed by atoms with van der Waals surface area (Å²) in [6.07, 6.45) is 3.14. The first-order chi connectivity index (χ1) is 14.0. The third kappa shape index (κ3) is 4.13. The average molecular weight is 453 g/mol. The fourth-order valence-electron chi connectivity index (χ4n) is 3.17. The number of aromatic nitrogens is 3. The molecule has 1 unspecified atom stereocenters. The third-order valence-corrected chi connectivity index (χ3v) is 5.57. The number of hydrogen-bond donors (Lipinski definition) is 0. The molecule has 0 saturated carbocycles. The first kappa shape index (κ1) is 21.6. The second-order valence-corrected chi connectivity index (χ2v) is 7.56. The van der Waals surface area contributed by atoms with Crippen LogP contribution in [-0.2, 0) is 0 Å². The summed E-state index contributed by atoms with van der Waals surface area (Å²) >= 11 is 12.2. The van der Waals surface area contributed by atoms with Crippen LogP contribution in [-0.4, -0.2) is 27.2 Å². The second-order valence-electron chi connectivity index (χ2n) is 6.17. The maximum atomic E-state index is 13.3. The van der Waals surface area contributed by atoms with E-state index in [2.05, 4.69) is 10.1 Å². The van der Waals surface area contributed by atoms with E-state index in [9.17, 15) is 8.68 Å². The van der Waals surface area contributed by atoms with Gasteiger partial charge in [-0.2, -0.15) is 8.98 Å². The summed E-state index contributed by atoms with van der Waals surface area (Å²) in [7, 11) is 0. The van der Waals surface area contributed by atoms with Crippen LogP contribution in [0.3, 0.4) is 0 Å². The Balaban J connectivity index is 0.00000117. The van der Waals surface area contributed by atoms with Gasteiger partial charge in [-0.25, -0.2) is 4.98 Å². The lowest BCUT2D eigenvalue weighted by Gasteiger charge is -2.32. The number of nitrogens with zero attached hydrogens (tertiary/aromatic N) is 4. The van der Waals surface area contributed by atoms with Crippen LogP contribution >= 0.6 is 35.3 Å². The number of halogens is 3. The highest BCUT2D eigenvalue weighted by Crippen LogP contribution is 2.35. The van der Waals surface area contributed by atoms with E-state index in [1.54, 1.807) is 46.1 Å². The summed E-state index contributed by atoms with van der Waals surface area (Å²) in [6.45, 7) is 6.43. The predicted molar refractivity (Wildman–Crippen MR) is 117 cm³/mol. The molecule has 0 aliphatic carbocycles. The van der Waals surface area contributed by atoms with Gasteiger partial charge < -0.3 is 4.90 Å². The summed E-state index contributed by atoms with van der Waals surface area (Å²) in [4.78, 5) is 18.8. The Morgan fingerprint density at radius 1 is 1.17 bits per heavy atom. The molecular formula is C20H19Cl2FN4OS. The fourth-order valence-corrected chi connectivity index (χ4v) is 3.73. The molecule has 0 N–H and O–H groups in total. The molecule has 0 spiro atoms. The molecule has 1 aromatic carbocycles. The molecule has 1 aliphatic rings. The van der Waals surface area contributed by atoms with Crippen molar-refractivity contribution < 1.29 is 8.68 Å². The molecule has 5 nitrogen and oxygen atoms in total. The Bertz CT molecular complexity index is 1040. The Kier molecular flexibility index (Phi) is 6.82. The van der Waals surface area contributed by atoms with Crippen LogP contribution in [0.5, 0.6) is 0 Å². The number of amides is 1. The fraction of sp³-hybridized carbons (Fsp3) is 0.250. The van der Waals surface area contributed by atoms with E-state index < -0.39 is 0 Å². The zero-order valence-electron chi connectivity index (χ0n) is 16.1. The summed E-state index contributed by atoms with van der Waals surface area (Å²) in [5, 5.41) is 5.42. The van der Waals surface area contributed by atoms with Gasteiger partial charge in [-0.3, -0.25) is 9.48 Å². The van der Waals surface area contributed by atoms with E-state index in [4.69, 9.17) is 23.2 Å². The zero-order chi connectivity index (χ0) is 21.1. The van der Waals surface area contributed by atoms with Gasteiger partial charge in [0.05, 0.1) is 22.3 Å².